The van der Waals surface area contributed by atoms with Crippen LogP contribution in [0.25, 0.3) is 0 Å². The minimum absolute atomic E-state index is 0.424. The van der Waals surface area contributed by atoms with Crippen LogP contribution in [0.5, 0.6) is 0 Å². The molecule has 0 aliphatic carbocycles. The Balaban J connectivity index is 3.00. The standard InChI is InChI=1S/C5H12N2/c1-2-3-5(7)4-6/h7H,2-4,6H2,1H3. The molecule has 0 heterocycles. The van der Waals surface area contributed by atoms with Crippen LogP contribution in [0.4, 0.5) is 0 Å². The number of nitrogens with one attached hydrogen (secondary N) is 1. The summed E-state index contributed by atoms with van der Waals surface area (Å²) in [5.41, 5.74) is 5.79. The summed E-state index contributed by atoms with van der Waals surface area (Å²) in [7, 11) is 0. The van der Waals surface area contributed by atoms with E-state index in [-0.39, 0.29) is 0 Å². The van der Waals surface area contributed by atoms with Gasteiger partial charge >= 0.3 is 0 Å². The molecule has 0 atom stereocenters. The van der Waals surface area contributed by atoms with E-state index in [0.717, 1.165) is 12.8 Å². The molecule has 0 bridgehead atoms. The third-order valence-electron chi connectivity index (χ3n) is 0.798. The van der Waals surface area contributed by atoms with Gasteiger partial charge < -0.3 is 11.1 Å². The monoisotopic (exact) mass is 100 g/mol. The van der Waals surface area contributed by atoms with Crippen molar-refractivity contribution in [2.45, 2.75) is 19.8 Å². The number of hydrogen-bond donors (Lipinski definition) is 2. The lowest BCUT2D eigenvalue weighted by atomic mass is 10.2. The topological polar surface area (TPSA) is 49.9 Å². The van der Waals surface area contributed by atoms with E-state index in [2.05, 4.69) is 0 Å². The predicted octanol–water partition coefficient (Wildman–Crippen LogP) is 0.765. The van der Waals surface area contributed by atoms with E-state index in [0.29, 0.717) is 12.3 Å². The van der Waals surface area contributed by atoms with Gasteiger partial charge in [0, 0.05) is 12.3 Å². The SMILES string of the molecule is CCCC(=N)CN. The van der Waals surface area contributed by atoms with Crippen LogP contribution >= 0.6 is 0 Å². The summed E-state index contributed by atoms with van der Waals surface area (Å²) in [6.07, 6.45) is 1.90. The predicted molar refractivity (Wildman–Crippen MR) is 31.7 cm³/mol. The highest BCUT2D eigenvalue weighted by Crippen LogP contribution is 1.85. The summed E-state index contributed by atoms with van der Waals surface area (Å²) >= 11 is 0. The van der Waals surface area contributed by atoms with Crippen molar-refractivity contribution in [2.24, 2.45) is 5.73 Å². The Morgan fingerprint density at radius 1 is 1.71 bits per heavy atom. The van der Waals surface area contributed by atoms with E-state index >= 15 is 0 Å². The second kappa shape index (κ2) is 3.81. The molecule has 0 radical (unpaired) electrons. The molecule has 2 heteroatoms. The van der Waals surface area contributed by atoms with Gasteiger partial charge in [0.25, 0.3) is 0 Å². The quantitative estimate of drug-likeness (QED) is 0.505. The Morgan fingerprint density at radius 3 is 2.43 bits per heavy atom. The van der Waals surface area contributed by atoms with Gasteiger partial charge in [0.2, 0.25) is 0 Å². The van der Waals surface area contributed by atoms with Crippen molar-refractivity contribution >= 4 is 5.71 Å². The molecule has 0 aliphatic heterocycles. The normalized spacial score (nSPS) is 8.86. The van der Waals surface area contributed by atoms with E-state index < -0.39 is 0 Å². The Hall–Kier alpha value is -0.370. The lowest BCUT2D eigenvalue weighted by molar-refractivity contribution is 0.966. The molecule has 0 spiro atoms. The highest BCUT2D eigenvalue weighted by atomic mass is 14.6. The lowest BCUT2D eigenvalue weighted by Crippen LogP contribution is -2.11. The van der Waals surface area contributed by atoms with Gasteiger partial charge in [-0.05, 0) is 6.42 Å². The Morgan fingerprint density at radius 2 is 2.29 bits per heavy atom. The van der Waals surface area contributed by atoms with Crippen LogP contribution in [-0.4, -0.2) is 12.3 Å². The largest absolute Gasteiger partial charge is 0.326 e. The lowest BCUT2D eigenvalue weighted by Gasteiger charge is -1.92. The van der Waals surface area contributed by atoms with Crippen LogP contribution in [0.15, 0.2) is 0 Å². The average molecular weight is 100 g/mol. The fourth-order valence-corrected chi connectivity index (χ4v) is 0.404. The summed E-state index contributed by atoms with van der Waals surface area (Å²) in [6.45, 7) is 2.47. The number of hydrogen-bond acceptors (Lipinski definition) is 2. The minimum Gasteiger partial charge on any atom is -0.326 e. The first-order valence-corrected chi connectivity index (χ1v) is 2.57. The third-order valence-corrected chi connectivity index (χ3v) is 0.798. The maximum Gasteiger partial charge on any atom is 0.0307 e. The van der Waals surface area contributed by atoms with Crippen molar-refractivity contribution in [1.82, 2.24) is 0 Å². The number of nitrogens with two attached hydrogens (primary N) is 1. The first kappa shape index (κ1) is 6.63. The second-order valence-electron chi connectivity index (χ2n) is 1.56. The number of rotatable bonds is 3. The molecule has 2 nitrogen and oxygen atoms in total. The van der Waals surface area contributed by atoms with Gasteiger partial charge in [-0.15, -0.1) is 0 Å². The molecule has 0 saturated carbocycles. The van der Waals surface area contributed by atoms with Crippen molar-refractivity contribution in [1.29, 1.82) is 5.41 Å². The molecule has 0 fully saturated rings. The van der Waals surface area contributed by atoms with Gasteiger partial charge in [-0.2, -0.15) is 0 Å². The molecule has 0 unspecified atom stereocenters. The molecule has 0 aromatic rings. The van der Waals surface area contributed by atoms with Gasteiger partial charge in [-0.3, -0.25) is 0 Å². The van der Waals surface area contributed by atoms with Gasteiger partial charge in [0.15, 0.2) is 0 Å². The molecule has 0 aromatic heterocycles. The summed E-state index contributed by atoms with van der Waals surface area (Å²) in [6, 6.07) is 0. The smallest absolute Gasteiger partial charge is 0.0307 e. The zero-order valence-electron chi connectivity index (χ0n) is 4.70. The fourth-order valence-electron chi connectivity index (χ4n) is 0.404. The Labute approximate surface area is 44.2 Å². The molecule has 0 aliphatic rings. The molecule has 0 rings (SSSR count). The van der Waals surface area contributed by atoms with Crippen LogP contribution < -0.4 is 5.73 Å². The zero-order valence-corrected chi connectivity index (χ0v) is 4.70. The van der Waals surface area contributed by atoms with E-state index in [9.17, 15) is 0 Å². The molecular weight excluding hydrogens is 88.1 g/mol. The maximum absolute atomic E-state index is 7.01. The molecule has 0 amide bonds. The van der Waals surface area contributed by atoms with Crippen molar-refractivity contribution < 1.29 is 0 Å². The highest BCUT2D eigenvalue weighted by Gasteiger charge is 1.86. The average Bonchev–Trinajstić information content (AvgIpc) is 1.68. The van der Waals surface area contributed by atoms with Crippen molar-refractivity contribution in [2.75, 3.05) is 6.54 Å². The van der Waals surface area contributed by atoms with Crippen LogP contribution in [0.2, 0.25) is 0 Å². The van der Waals surface area contributed by atoms with Crippen LogP contribution in [0, 0.1) is 5.41 Å². The van der Waals surface area contributed by atoms with Gasteiger partial charge in [0.1, 0.15) is 0 Å². The molecular formula is C5H12N2. The summed E-state index contributed by atoms with van der Waals surface area (Å²) in [4.78, 5) is 0. The summed E-state index contributed by atoms with van der Waals surface area (Å²) in [5, 5.41) is 7.01. The van der Waals surface area contributed by atoms with E-state index in [1.807, 2.05) is 6.92 Å². The van der Waals surface area contributed by atoms with Crippen LogP contribution in [-0.2, 0) is 0 Å². The first-order valence-electron chi connectivity index (χ1n) is 2.57. The second-order valence-corrected chi connectivity index (χ2v) is 1.56. The van der Waals surface area contributed by atoms with Crippen molar-refractivity contribution in [3.8, 4) is 0 Å². The molecule has 3 N–H and O–H groups in total. The molecule has 0 aromatic carbocycles. The Bertz CT molecular complexity index is 59.1. The Kier molecular flexibility index (Phi) is 3.61. The van der Waals surface area contributed by atoms with Crippen molar-refractivity contribution in [3.05, 3.63) is 0 Å². The third kappa shape index (κ3) is 3.46. The van der Waals surface area contributed by atoms with E-state index in [1.54, 1.807) is 0 Å². The minimum atomic E-state index is 0.424. The van der Waals surface area contributed by atoms with E-state index in [1.165, 1.54) is 0 Å². The van der Waals surface area contributed by atoms with Crippen molar-refractivity contribution in [3.63, 3.8) is 0 Å². The molecule has 0 saturated heterocycles. The van der Waals surface area contributed by atoms with Crippen LogP contribution in [0.1, 0.15) is 19.8 Å². The maximum atomic E-state index is 7.01. The summed E-state index contributed by atoms with van der Waals surface area (Å²) in [5.74, 6) is 0. The summed E-state index contributed by atoms with van der Waals surface area (Å²) < 4.78 is 0. The van der Waals surface area contributed by atoms with Gasteiger partial charge in [-0.25, -0.2) is 0 Å². The fraction of sp³-hybridized carbons (Fsp3) is 0.800. The van der Waals surface area contributed by atoms with Gasteiger partial charge in [0.05, 0.1) is 0 Å². The van der Waals surface area contributed by atoms with Gasteiger partial charge in [-0.1, -0.05) is 13.3 Å². The zero-order chi connectivity index (χ0) is 5.70. The first-order chi connectivity index (χ1) is 3.31. The highest BCUT2D eigenvalue weighted by molar-refractivity contribution is 5.82. The van der Waals surface area contributed by atoms with E-state index in [4.69, 9.17) is 11.1 Å². The van der Waals surface area contributed by atoms with Crippen LogP contribution in [0.3, 0.4) is 0 Å². The molecule has 7 heavy (non-hydrogen) atoms. The molecule has 42 valence electrons.